The van der Waals surface area contributed by atoms with Crippen molar-refractivity contribution in [1.29, 1.82) is 0 Å². The number of piperidine rings is 1. The number of likely N-dealkylation sites (tertiary alicyclic amines) is 1. The summed E-state index contributed by atoms with van der Waals surface area (Å²) < 4.78 is 1.81. The van der Waals surface area contributed by atoms with Gasteiger partial charge in [0, 0.05) is 30.7 Å². The molecule has 2 atom stereocenters. The van der Waals surface area contributed by atoms with Gasteiger partial charge in [0.05, 0.1) is 12.7 Å². The van der Waals surface area contributed by atoms with Crippen LogP contribution in [0.5, 0.6) is 0 Å². The van der Waals surface area contributed by atoms with Crippen molar-refractivity contribution in [3.8, 4) is 0 Å². The van der Waals surface area contributed by atoms with Gasteiger partial charge >= 0.3 is 0 Å². The third-order valence-corrected chi connectivity index (χ3v) is 3.83. The molecule has 3 N–H and O–H groups in total. The molecule has 1 aromatic rings. The van der Waals surface area contributed by atoms with Crippen molar-refractivity contribution in [2.45, 2.75) is 51.7 Å². The zero-order valence-electron chi connectivity index (χ0n) is 12.5. The summed E-state index contributed by atoms with van der Waals surface area (Å²) in [5.41, 5.74) is 5.94. The molecule has 1 aliphatic heterocycles. The van der Waals surface area contributed by atoms with Crippen LogP contribution in [0.4, 0.5) is 5.82 Å². The number of hydrogen-bond donors (Lipinski definition) is 2. The highest BCUT2D eigenvalue weighted by atomic mass is 16.2. The Morgan fingerprint density at radius 3 is 3.00 bits per heavy atom. The number of amides is 1. The van der Waals surface area contributed by atoms with Gasteiger partial charge in [-0.2, -0.15) is 5.10 Å². The molecule has 0 saturated carbocycles. The molecule has 1 fully saturated rings. The monoisotopic (exact) mass is 279 g/mol. The molecule has 6 nitrogen and oxygen atoms in total. The Labute approximate surface area is 120 Å². The van der Waals surface area contributed by atoms with Crippen molar-refractivity contribution in [3.05, 3.63) is 12.3 Å². The van der Waals surface area contributed by atoms with E-state index in [4.69, 9.17) is 5.73 Å². The first-order chi connectivity index (χ1) is 9.47. The lowest BCUT2D eigenvalue weighted by molar-refractivity contribution is -0.118. The fourth-order valence-electron chi connectivity index (χ4n) is 2.68. The first-order valence-corrected chi connectivity index (χ1v) is 7.30. The number of carbonyl (C=O) groups is 1. The normalized spacial score (nSPS) is 24.1. The average molecular weight is 279 g/mol. The van der Waals surface area contributed by atoms with Crippen LogP contribution in [0.1, 0.15) is 39.7 Å². The summed E-state index contributed by atoms with van der Waals surface area (Å²) in [6, 6.07) is 2.69. The summed E-state index contributed by atoms with van der Waals surface area (Å²) in [7, 11) is 0. The first-order valence-electron chi connectivity index (χ1n) is 7.30. The molecule has 0 spiro atoms. The number of aromatic nitrogens is 2. The van der Waals surface area contributed by atoms with E-state index in [9.17, 15) is 4.79 Å². The zero-order chi connectivity index (χ0) is 14.7. The Kier molecular flexibility index (Phi) is 4.77. The third kappa shape index (κ3) is 3.58. The van der Waals surface area contributed by atoms with E-state index in [1.807, 2.05) is 24.6 Å². The highest BCUT2D eigenvalue weighted by Gasteiger charge is 2.25. The molecule has 0 aliphatic carbocycles. The maximum atomic E-state index is 12.2. The quantitative estimate of drug-likeness (QED) is 0.868. The van der Waals surface area contributed by atoms with E-state index in [2.05, 4.69) is 22.2 Å². The Bertz CT molecular complexity index is 456. The van der Waals surface area contributed by atoms with Crippen LogP contribution in [0.25, 0.3) is 0 Å². The molecule has 1 aromatic heterocycles. The number of anilines is 1. The van der Waals surface area contributed by atoms with Crippen molar-refractivity contribution in [1.82, 2.24) is 14.7 Å². The molecule has 2 unspecified atom stereocenters. The molecule has 6 heteroatoms. The molecule has 20 heavy (non-hydrogen) atoms. The fraction of sp³-hybridized carbons (Fsp3) is 0.714. The maximum absolute atomic E-state index is 12.2. The highest BCUT2D eigenvalue weighted by molar-refractivity contribution is 5.91. The number of hydrogen-bond acceptors (Lipinski definition) is 4. The topological polar surface area (TPSA) is 76.2 Å². The summed E-state index contributed by atoms with van der Waals surface area (Å²) in [4.78, 5) is 14.3. The van der Waals surface area contributed by atoms with Gasteiger partial charge in [0.15, 0.2) is 0 Å². The summed E-state index contributed by atoms with van der Waals surface area (Å²) in [5.74, 6) is 0.765. The largest absolute Gasteiger partial charge is 0.328 e. The second kappa shape index (κ2) is 6.37. The molecule has 2 rings (SSSR count). The number of nitrogens with two attached hydrogens (primary N) is 1. The Balaban J connectivity index is 1.91. The van der Waals surface area contributed by atoms with Crippen molar-refractivity contribution >= 4 is 11.7 Å². The van der Waals surface area contributed by atoms with Gasteiger partial charge in [-0.1, -0.05) is 0 Å². The lowest BCUT2D eigenvalue weighted by atomic mass is 9.99. The average Bonchev–Trinajstić information content (AvgIpc) is 2.81. The molecule has 1 saturated heterocycles. The van der Waals surface area contributed by atoms with Gasteiger partial charge in [-0.15, -0.1) is 0 Å². The van der Waals surface area contributed by atoms with Gasteiger partial charge in [0.1, 0.15) is 5.82 Å². The number of nitrogens with zero attached hydrogens (tertiary/aromatic N) is 3. The molecule has 1 amide bonds. The van der Waals surface area contributed by atoms with Crippen LogP contribution in [0.2, 0.25) is 0 Å². The Morgan fingerprint density at radius 2 is 2.35 bits per heavy atom. The van der Waals surface area contributed by atoms with Crippen LogP contribution in [0.3, 0.4) is 0 Å². The summed E-state index contributed by atoms with van der Waals surface area (Å²) in [5, 5.41) is 7.15. The molecule has 0 aromatic carbocycles. The van der Waals surface area contributed by atoms with E-state index in [-0.39, 0.29) is 18.0 Å². The van der Waals surface area contributed by atoms with E-state index in [1.165, 1.54) is 0 Å². The van der Waals surface area contributed by atoms with Crippen LogP contribution in [-0.2, 0) is 4.79 Å². The van der Waals surface area contributed by atoms with Gasteiger partial charge in [0.2, 0.25) is 5.91 Å². The molecule has 0 bridgehead atoms. The zero-order valence-corrected chi connectivity index (χ0v) is 12.5. The highest BCUT2D eigenvalue weighted by Crippen LogP contribution is 2.16. The molecular formula is C14H25N5O. The second-order valence-electron chi connectivity index (χ2n) is 5.91. The van der Waals surface area contributed by atoms with Gasteiger partial charge < -0.3 is 11.1 Å². The minimum atomic E-state index is 0.00900. The Morgan fingerprint density at radius 1 is 1.60 bits per heavy atom. The van der Waals surface area contributed by atoms with E-state index in [1.54, 1.807) is 6.20 Å². The third-order valence-electron chi connectivity index (χ3n) is 3.83. The van der Waals surface area contributed by atoms with Crippen LogP contribution in [-0.4, -0.2) is 45.8 Å². The summed E-state index contributed by atoms with van der Waals surface area (Å²) in [6.07, 6.45) is 3.62. The molecule has 0 radical (unpaired) electrons. The molecule has 112 valence electrons. The van der Waals surface area contributed by atoms with Gasteiger partial charge in [-0.3, -0.25) is 9.69 Å². The predicted molar refractivity (Wildman–Crippen MR) is 79.5 cm³/mol. The van der Waals surface area contributed by atoms with Crippen molar-refractivity contribution in [3.63, 3.8) is 0 Å². The number of rotatable bonds is 4. The maximum Gasteiger partial charge on any atom is 0.239 e. The summed E-state index contributed by atoms with van der Waals surface area (Å²) in [6.45, 7) is 7.51. The smallest absolute Gasteiger partial charge is 0.239 e. The van der Waals surface area contributed by atoms with Gasteiger partial charge in [0.25, 0.3) is 0 Å². The molecule has 2 heterocycles. The second-order valence-corrected chi connectivity index (χ2v) is 5.91. The minimum absolute atomic E-state index is 0.00900. The standard InChI is InChI=1S/C14H25N5O/c1-10(2)19-13(4-6-16-19)17-14(20)9-18-7-5-12(15)8-11(18)3/h4,6,10-12H,5,7-9,15H2,1-3H3,(H,17,20). The van der Waals surface area contributed by atoms with Crippen LogP contribution in [0.15, 0.2) is 12.3 Å². The van der Waals surface area contributed by atoms with E-state index >= 15 is 0 Å². The van der Waals surface area contributed by atoms with Crippen LogP contribution < -0.4 is 11.1 Å². The van der Waals surface area contributed by atoms with Crippen LogP contribution >= 0.6 is 0 Å². The fourth-order valence-corrected chi connectivity index (χ4v) is 2.68. The van der Waals surface area contributed by atoms with Crippen molar-refractivity contribution in [2.24, 2.45) is 5.73 Å². The summed E-state index contributed by atoms with van der Waals surface area (Å²) >= 11 is 0. The van der Waals surface area contributed by atoms with E-state index in [0.29, 0.717) is 12.6 Å². The van der Waals surface area contributed by atoms with Gasteiger partial charge in [-0.25, -0.2) is 4.68 Å². The van der Waals surface area contributed by atoms with Gasteiger partial charge in [-0.05, 0) is 33.6 Å². The lowest BCUT2D eigenvalue weighted by Crippen LogP contribution is -2.48. The number of carbonyl (C=O) groups excluding carboxylic acids is 1. The first kappa shape index (κ1) is 15.0. The predicted octanol–water partition coefficient (Wildman–Crippen LogP) is 1.21. The molecule has 1 aliphatic rings. The SMILES string of the molecule is CC1CC(N)CCN1CC(=O)Nc1ccnn1C(C)C. The Hall–Kier alpha value is -1.40. The number of nitrogens with one attached hydrogen (secondary N) is 1. The van der Waals surface area contributed by atoms with Crippen LogP contribution in [0, 0.1) is 0 Å². The van der Waals surface area contributed by atoms with E-state index in [0.717, 1.165) is 25.2 Å². The van der Waals surface area contributed by atoms with Crippen molar-refractivity contribution < 1.29 is 4.79 Å². The van der Waals surface area contributed by atoms with E-state index < -0.39 is 0 Å². The van der Waals surface area contributed by atoms with Crippen molar-refractivity contribution in [2.75, 3.05) is 18.4 Å². The minimum Gasteiger partial charge on any atom is -0.328 e. The lowest BCUT2D eigenvalue weighted by Gasteiger charge is -2.35. The molecular weight excluding hydrogens is 254 g/mol.